The van der Waals surface area contributed by atoms with Gasteiger partial charge in [0, 0.05) is 0 Å². The lowest BCUT2D eigenvalue weighted by Crippen LogP contribution is -2.16. The van der Waals surface area contributed by atoms with Crippen molar-refractivity contribution >= 4 is 0 Å². The summed E-state index contributed by atoms with van der Waals surface area (Å²) in [5.74, 6) is 0. The second kappa shape index (κ2) is 35.4. The largest absolute Gasteiger partial charge is 0.317 e. The summed E-state index contributed by atoms with van der Waals surface area (Å²) in [6.45, 7) is 7.04. The van der Waals surface area contributed by atoms with Crippen molar-refractivity contribution < 1.29 is 0 Å². The zero-order chi connectivity index (χ0) is 26.7. The van der Waals surface area contributed by atoms with E-state index >= 15 is 0 Å². The summed E-state index contributed by atoms with van der Waals surface area (Å²) < 4.78 is 0. The maximum atomic E-state index is 3.67. The van der Waals surface area contributed by atoms with Crippen molar-refractivity contribution in [2.45, 2.75) is 194 Å². The van der Waals surface area contributed by atoms with Gasteiger partial charge in [-0.3, -0.25) is 0 Å². The minimum atomic E-state index is 1.23. The van der Waals surface area contributed by atoms with Crippen molar-refractivity contribution in [2.24, 2.45) is 0 Å². The molecule has 0 unspecified atom stereocenters. The standard InChI is InChI=1S/C36H71N/c1-3-5-7-9-11-13-15-17-19-21-23-25-27-29-31-33-35-37-36-34-32-30-28-26-24-22-20-18-16-14-12-10-8-6-4-2/h17-20,37H,3-16,21-36H2,1-2H3/b19-17+,20-18+. The topological polar surface area (TPSA) is 12.0 Å². The minimum Gasteiger partial charge on any atom is -0.317 e. The molecule has 0 heterocycles. The van der Waals surface area contributed by atoms with Gasteiger partial charge in [0.15, 0.2) is 0 Å². The van der Waals surface area contributed by atoms with E-state index in [0.29, 0.717) is 0 Å². The fraction of sp³-hybridized carbons (Fsp3) is 0.889. The summed E-state index contributed by atoms with van der Waals surface area (Å²) in [6, 6.07) is 0. The van der Waals surface area contributed by atoms with Gasteiger partial charge in [-0.05, 0) is 77.3 Å². The predicted molar refractivity (Wildman–Crippen MR) is 172 cm³/mol. The number of unbranched alkanes of at least 4 members (excludes halogenated alkanes) is 24. The van der Waals surface area contributed by atoms with Gasteiger partial charge in [-0.1, -0.05) is 154 Å². The second-order valence-corrected chi connectivity index (χ2v) is 11.6. The molecular weight excluding hydrogens is 446 g/mol. The Morgan fingerprint density at radius 3 is 0.838 bits per heavy atom. The number of allylic oxidation sites excluding steroid dienone is 4. The Balaban J connectivity index is 3.09. The number of hydrogen-bond acceptors (Lipinski definition) is 1. The third kappa shape index (κ3) is 35.4. The molecule has 0 aromatic heterocycles. The number of rotatable bonds is 32. The van der Waals surface area contributed by atoms with Crippen molar-refractivity contribution in [3.05, 3.63) is 24.3 Å². The van der Waals surface area contributed by atoms with Crippen LogP contribution >= 0.6 is 0 Å². The minimum absolute atomic E-state index is 1.23. The molecule has 0 saturated heterocycles. The molecule has 220 valence electrons. The molecule has 0 aliphatic rings. The van der Waals surface area contributed by atoms with Crippen LogP contribution in [-0.4, -0.2) is 13.1 Å². The number of nitrogens with one attached hydrogen (secondary N) is 1. The number of hydrogen-bond donors (Lipinski definition) is 1. The lowest BCUT2D eigenvalue weighted by molar-refractivity contribution is 0.539. The first-order chi connectivity index (χ1) is 18.4. The summed E-state index contributed by atoms with van der Waals surface area (Å²) >= 11 is 0. The molecule has 1 heteroatoms. The van der Waals surface area contributed by atoms with Gasteiger partial charge in [0.2, 0.25) is 0 Å². The Morgan fingerprint density at radius 1 is 0.297 bits per heavy atom. The molecule has 1 N–H and O–H groups in total. The maximum Gasteiger partial charge on any atom is -0.00489 e. The van der Waals surface area contributed by atoms with Gasteiger partial charge in [0.25, 0.3) is 0 Å². The highest BCUT2D eigenvalue weighted by atomic mass is 14.8. The van der Waals surface area contributed by atoms with Crippen molar-refractivity contribution in [1.82, 2.24) is 5.32 Å². The SMILES string of the molecule is CCCCCCCC/C=C/CCCCCCCCNCCCCCCCC/C=C/CCCCCCCC. The van der Waals surface area contributed by atoms with Crippen LogP contribution in [0.25, 0.3) is 0 Å². The smallest absolute Gasteiger partial charge is 0.00489 e. The lowest BCUT2D eigenvalue weighted by atomic mass is 10.1. The molecule has 0 aromatic carbocycles. The quantitative estimate of drug-likeness (QED) is 0.0691. The van der Waals surface area contributed by atoms with E-state index in [9.17, 15) is 0 Å². The van der Waals surface area contributed by atoms with Crippen LogP contribution in [0.4, 0.5) is 0 Å². The van der Waals surface area contributed by atoms with Crippen LogP contribution in [0.1, 0.15) is 194 Å². The Kier molecular flexibility index (Phi) is 34.9. The maximum absolute atomic E-state index is 3.67. The molecule has 0 radical (unpaired) electrons. The average Bonchev–Trinajstić information content (AvgIpc) is 2.91. The second-order valence-electron chi connectivity index (χ2n) is 11.6. The van der Waals surface area contributed by atoms with Crippen LogP contribution in [0.5, 0.6) is 0 Å². The predicted octanol–water partition coefficient (Wildman–Crippen LogP) is 12.7. The summed E-state index contributed by atoms with van der Waals surface area (Å²) in [4.78, 5) is 0. The summed E-state index contributed by atoms with van der Waals surface area (Å²) in [6.07, 6.45) is 48.8. The van der Waals surface area contributed by atoms with E-state index in [1.54, 1.807) is 0 Å². The first kappa shape index (κ1) is 36.4. The van der Waals surface area contributed by atoms with Gasteiger partial charge >= 0.3 is 0 Å². The average molecular weight is 518 g/mol. The third-order valence-electron chi connectivity index (χ3n) is 7.73. The van der Waals surface area contributed by atoms with Crippen LogP contribution in [0.2, 0.25) is 0 Å². The van der Waals surface area contributed by atoms with Crippen molar-refractivity contribution in [1.29, 1.82) is 0 Å². The molecule has 1 nitrogen and oxygen atoms in total. The van der Waals surface area contributed by atoms with E-state index in [4.69, 9.17) is 0 Å². The lowest BCUT2D eigenvalue weighted by Gasteiger charge is -2.05. The Hall–Kier alpha value is -0.560. The van der Waals surface area contributed by atoms with Gasteiger partial charge in [0.05, 0.1) is 0 Å². The Bertz CT molecular complexity index is 398. The Labute approximate surface area is 236 Å². The summed E-state index contributed by atoms with van der Waals surface area (Å²) in [7, 11) is 0. The summed E-state index contributed by atoms with van der Waals surface area (Å²) in [5.41, 5.74) is 0. The molecule has 37 heavy (non-hydrogen) atoms. The van der Waals surface area contributed by atoms with Gasteiger partial charge < -0.3 is 5.32 Å². The van der Waals surface area contributed by atoms with Crippen LogP contribution in [-0.2, 0) is 0 Å². The normalized spacial score (nSPS) is 11.9. The highest BCUT2D eigenvalue weighted by Crippen LogP contribution is 2.11. The van der Waals surface area contributed by atoms with E-state index in [-0.39, 0.29) is 0 Å². The van der Waals surface area contributed by atoms with Crippen LogP contribution in [0.3, 0.4) is 0 Å². The highest BCUT2D eigenvalue weighted by Gasteiger charge is 1.94. The zero-order valence-electron chi connectivity index (χ0n) is 26.0. The van der Waals surface area contributed by atoms with E-state index in [0.717, 1.165) is 0 Å². The first-order valence-electron chi connectivity index (χ1n) is 17.4. The van der Waals surface area contributed by atoms with Crippen LogP contribution < -0.4 is 5.32 Å². The van der Waals surface area contributed by atoms with E-state index < -0.39 is 0 Å². The van der Waals surface area contributed by atoms with Gasteiger partial charge in [-0.25, -0.2) is 0 Å². The first-order valence-corrected chi connectivity index (χ1v) is 17.4. The molecule has 0 saturated carbocycles. The molecule has 0 aromatic rings. The van der Waals surface area contributed by atoms with Crippen LogP contribution in [0.15, 0.2) is 24.3 Å². The van der Waals surface area contributed by atoms with Gasteiger partial charge in [-0.15, -0.1) is 0 Å². The molecule has 0 spiro atoms. The molecule has 0 amide bonds. The third-order valence-corrected chi connectivity index (χ3v) is 7.73. The van der Waals surface area contributed by atoms with E-state index in [1.165, 1.54) is 193 Å². The fourth-order valence-electron chi connectivity index (χ4n) is 5.12. The monoisotopic (exact) mass is 518 g/mol. The van der Waals surface area contributed by atoms with Crippen molar-refractivity contribution in [3.8, 4) is 0 Å². The van der Waals surface area contributed by atoms with Gasteiger partial charge in [0.1, 0.15) is 0 Å². The van der Waals surface area contributed by atoms with Crippen LogP contribution in [0, 0.1) is 0 Å². The molecule has 0 aliphatic carbocycles. The Morgan fingerprint density at radius 2 is 0.541 bits per heavy atom. The highest BCUT2D eigenvalue weighted by molar-refractivity contribution is 4.82. The summed E-state index contributed by atoms with van der Waals surface area (Å²) in [5, 5.41) is 3.67. The van der Waals surface area contributed by atoms with E-state index in [2.05, 4.69) is 43.5 Å². The zero-order valence-corrected chi connectivity index (χ0v) is 26.0. The van der Waals surface area contributed by atoms with Crippen molar-refractivity contribution in [2.75, 3.05) is 13.1 Å². The van der Waals surface area contributed by atoms with Gasteiger partial charge in [-0.2, -0.15) is 0 Å². The molecule has 0 fully saturated rings. The molecular formula is C36H71N. The molecule has 0 atom stereocenters. The van der Waals surface area contributed by atoms with Crippen molar-refractivity contribution in [3.63, 3.8) is 0 Å². The molecule has 0 aliphatic heterocycles. The fourth-order valence-corrected chi connectivity index (χ4v) is 5.12. The molecule has 0 bridgehead atoms. The van der Waals surface area contributed by atoms with E-state index in [1.807, 2.05) is 0 Å². The molecule has 0 rings (SSSR count).